The number of piperazine rings is 1. The number of amides is 2. The van der Waals surface area contributed by atoms with Crippen LogP contribution in [0.5, 0.6) is 0 Å². The molecule has 1 aliphatic heterocycles. The highest BCUT2D eigenvalue weighted by molar-refractivity contribution is 7.12. The third-order valence-electron chi connectivity index (χ3n) is 4.93. The maximum absolute atomic E-state index is 13.0. The Morgan fingerprint density at radius 3 is 2.43 bits per heavy atom. The van der Waals surface area contributed by atoms with Crippen molar-refractivity contribution in [1.82, 2.24) is 9.88 Å². The van der Waals surface area contributed by atoms with Crippen molar-refractivity contribution in [3.8, 4) is 0 Å². The van der Waals surface area contributed by atoms with Crippen LogP contribution < -0.4 is 10.2 Å². The van der Waals surface area contributed by atoms with Crippen molar-refractivity contribution in [2.24, 2.45) is 0 Å². The smallest absolute Gasteiger partial charge is 0.264 e. The number of aromatic nitrogens is 1. The molecule has 0 radical (unpaired) electrons. The Morgan fingerprint density at radius 2 is 1.80 bits per heavy atom. The molecule has 0 atom stereocenters. The number of anilines is 2. The number of hydrogen-bond donors (Lipinski definition) is 1. The highest BCUT2D eigenvalue weighted by Crippen LogP contribution is 2.19. The van der Waals surface area contributed by atoms with Gasteiger partial charge in [0.25, 0.3) is 5.91 Å². The van der Waals surface area contributed by atoms with Crippen molar-refractivity contribution in [1.29, 1.82) is 0 Å². The predicted molar refractivity (Wildman–Crippen MR) is 115 cm³/mol. The Balaban J connectivity index is 1.29. The van der Waals surface area contributed by atoms with Crippen LogP contribution in [-0.2, 0) is 11.2 Å². The van der Waals surface area contributed by atoms with Crippen LogP contribution in [0.4, 0.5) is 15.9 Å². The molecule has 3 aromatic rings. The van der Waals surface area contributed by atoms with Crippen LogP contribution in [0.2, 0.25) is 0 Å². The molecule has 0 unspecified atom stereocenters. The van der Waals surface area contributed by atoms with Gasteiger partial charge in [-0.05, 0) is 41.3 Å². The summed E-state index contributed by atoms with van der Waals surface area (Å²) in [7, 11) is 0. The van der Waals surface area contributed by atoms with E-state index in [4.69, 9.17) is 0 Å². The lowest BCUT2D eigenvalue weighted by Crippen LogP contribution is -2.48. The zero-order valence-electron chi connectivity index (χ0n) is 16.3. The summed E-state index contributed by atoms with van der Waals surface area (Å²) < 4.78 is 13.0. The van der Waals surface area contributed by atoms with E-state index in [0.717, 1.165) is 16.3 Å². The second-order valence-electron chi connectivity index (χ2n) is 7.01. The summed E-state index contributed by atoms with van der Waals surface area (Å²) in [4.78, 5) is 33.8. The third-order valence-corrected chi connectivity index (χ3v) is 5.79. The molecule has 154 valence electrons. The Kier molecular flexibility index (Phi) is 6.04. The summed E-state index contributed by atoms with van der Waals surface area (Å²) >= 11 is 1.46. The maximum Gasteiger partial charge on any atom is 0.264 e. The first kappa shape index (κ1) is 20.0. The fourth-order valence-electron chi connectivity index (χ4n) is 3.33. The number of nitrogens with one attached hydrogen (secondary N) is 1. The van der Waals surface area contributed by atoms with Gasteiger partial charge in [-0.1, -0.05) is 18.2 Å². The van der Waals surface area contributed by atoms with E-state index >= 15 is 0 Å². The molecule has 8 heteroatoms. The van der Waals surface area contributed by atoms with E-state index in [1.165, 1.54) is 23.5 Å². The monoisotopic (exact) mass is 424 g/mol. The molecule has 1 fully saturated rings. The molecule has 0 spiro atoms. The number of carbonyl (C=O) groups is 2. The van der Waals surface area contributed by atoms with Crippen molar-refractivity contribution in [3.63, 3.8) is 0 Å². The van der Waals surface area contributed by atoms with E-state index in [1.807, 2.05) is 34.5 Å². The molecule has 2 aromatic heterocycles. The molecule has 2 amide bonds. The lowest BCUT2D eigenvalue weighted by molar-refractivity contribution is -0.115. The normalized spacial score (nSPS) is 13.9. The second-order valence-corrected chi connectivity index (χ2v) is 7.96. The lowest BCUT2D eigenvalue weighted by Gasteiger charge is -2.35. The summed E-state index contributed by atoms with van der Waals surface area (Å²) in [6.45, 7) is 2.71. The summed E-state index contributed by atoms with van der Waals surface area (Å²) in [5.41, 5.74) is 1.35. The van der Waals surface area contributed by atoms with E-state index in [2.05, 4.69) is 15.2 Å². The quantitative estimate of drug-likeness (QED) is 0.682. The fraction of sp³-hybridized carbons (Fsp3) is 0.227. The van der Waals surface area contributed by atoms with Crippen molar-refractivity contribution < 1.29 is 14.0 Å². The van der Waals surface area contributed by atoms with Gasteiger partial charge in [0, 0.05) is 26.2 Å². The summed E-state index contributed by atoms with van der Waals surface area (Å²) in [6, 6.07) is 13.3. The Labute approximate surface area is 178 Å². The lowest BCUT2D eigenvalue weighted by atomic mass is 10.1. The van der Waals surface area contributed by atoms with E-state index in [9.17, 15) is 14.0 Å². The highest BCUT2D eigenvalue weighted by Gasteiger charge is 2.23. The predicted octanol–water partition coefficient (Wildman–Crippen LogP) is 3.43. The van der Waals surface area contributed by atoms with Crippen molar-refractivity contribution in [3.05, 3.63) is 76.4 Å². The van der Waals surface area contributed by atoms with Crippen LogP contribution in [0, 0.1) is 5.82 Å². The fourth-order valence-corrected chi connectivity index (χ4v) is 4.03. The minimum atomic E-state index is -0.323. The Morgan fingerprint density at radius 1 is 1.03 bits per heavy atom. The molecule has 4 rings (SSSR count). The van der Waals surface area contributed by atoms with Gasteiger partial charge in [0.15, 0.2) is 0 Å². The van der Waals surface area contributed by atoms with Crippen molar-refractivity contribution in [2.75, 3.05) is 36.4 Å². The number of rotatable bonds is 5. The van der Waals surface area contributed by atoms with Gasteiger partial charge in [0.1, 0.15) is 11.6 Å². The topological polar surface area (TPSA) is 65.5 Å². The van der Waals surface area contributed by atoms with Crippen LogP contribution in [0.25, 0.3) is 0 Å². The van der Waals surface area contributed by atoms with E-state index in [1.54, 1.807) is 18.3 Å². The van der Waals surface area contributed by atoms with Crippen LogP contribution in [0.3, 0.4) is 0 Å². The number of hydrogen-bond acceptors (Lipinski definition) is 5. The second kappa shape index (κ2) is 9.04. The number of pyridine rings is 1. The van der Waals surface area contributed by atoms with E-state index < -0.39 is 0 Å². The van der Waals surface area contributed by atoms with Gasteiger partial charge in [-0.25, -0.2) is 9.37 Å². The molecule has 30 heavy (non-hydrogen) atoms. The first-order chi connectivity index (χ1) is 14.6. The summed E-state index contributed by atoms with van der Waals surface area (Å²) in [5.74, 6) is 0.388. The minimum absolute atomic E-state index is 0.0804. The first-order valence-corrected chi connectivity index (χ1v) is 10.5. The average Bonchev–Trinajstić information content (AvgIpc) is 3.30. The molecule has 1 aliphatic rings. The van der Waals surface area contributed by atoms with Crippen molar-refractivity contribution in [2.45, 2.75) is 6.42 Å². The molecule has 0 bridgehead atoms. The van der Waals surface area contributed by atoms with Crippen molar-refractivity contribution >= 4 is 34.7 Å². The number of thiophene rings is 1. The Bertz CT molecular complexity index is 999. The van der Waals surface area contributed by atoms with Crippen LogP contribution >= 0.6 is 11.3 Å². The third kappa shape index (κ3) is 4.83. The molecule has 1 saturated heterocycles. The van der Waals surface area contributed by atoms with Gasteiger partial charge >= 0.3 is 0 Å². The van der Waals surface area contributed by atoms with Gasteiger partial charge < -0.3 is 15.1 Å². The molecule has 1 aromatic carbocycles. The van der Waals surface area contributed by atoms with Crippen LogP contribution in [-0.4, -0.2) is 47.9 Å². The molecule has 3 heterocycles. The van der Waals surface area contributed by atoms with Gasteiger partial charge in [0.05, 0.1) is 23.2 Å². The van der Waals surface area contributed by atoms with Crippen LogP contribution in [0.15, 0.2) is 60.1 Å². The number of halogens is 1. The average molecular weight is 425 g/mol. The maximum atomic E-state index is 13.0. The molecule has 0 aliphatic carbocycles. The largest absolute Gasteiger partial charge is 0.353 e. The van der Waals surface area contributed by atoms with E-state index in [-0.39, 0.29) is 24.1 Å². The molecule has 0 saturated carbocycles. The minimum Gasteiger partial charge on any atom is -0.353 e. The van der Waals surface area contributed by atoms with E-state index in [0.29, 0.717) is 31.9 Å². The van der Waals surface area contributed by atoms with Crippen LogP contribution in [0.1, 0.15) is 15.2 Å². The van der Waals surface area contributed by atoms with Gasteiger partial charge in [0.2, 0.25) is 5.91 Å². The van der Waals surface area contributed by atoms with Gasteiger partial charge in [-0.3, -0.25) is 9.59 Å². The molecular formula is C22H21FN4O2S. The van der Waals surface area contributed by atoms with Gasteiger partial charge in [-0.15, -0.1) is 11.3 Å². The Hall–Kier alpha value is -3.26. The number of benzene rings is 1. The SMILES string of the molecule is O=C(Cc1ccc(F)cc1)Nc1ccc(N2CCN(C(=O)c3cccs3)CC2)nc1. The number of nitrogens with zero attached hydrogens (tertiary/aromatic N) is 3. The number of carbonyl (C=O) groups excluding carboxylic acids is 2. The highest BCUT2D eigenvalue weighted by atomic mass is 32.1. The molecule has 6 nitrogen and oxygen atoms in total. The van der Waals surface area contributed by atoms with Gasteiger partial charge in [-0.2, -0.15) is 0 Å². The first-order valence-electron chi connectivity index (χ1n) is 9.66. The summed E-state index contributed by atoms with van der Waals surface area (Å²) in [6.07, 6.45) is 1.79. The molecule has 1 N–H and O–H groups in total. The zero-order valence-corrected chi connectivity index (χ0v) is 17.1. The molecular weight excluding hydrogens is 403 g/mol. The standard InChI is InChI=1S/C22H21FN4O2S/c23-17-5-3-16(4-6-17)14-21(28)25-18-7-8-20(24-15-18)26-9-11-27(12-10-26)22(29)19-2-1-13-30-19/h1-8,13,15H,9-12,14H2,(H,25,28). The zero-order chi connectivity index (χ0) is 20.9. The summed E-state index contributed by atoms with van der Waals surface area (Å²) in [5, 5.41) is 4.72.